The van der Waals surface area contributed by atoms with Crippen molar-refractivity contribution in [3.8, 4) is 0 Å². The highest BCUT2D eigenvalue weighted by Gasteiger charge is 2.50. The minimum Gasteiger partial charge on any atom is -0.478 e. The SMILES string of the molecule is CCCCCCCCCCCCCCC(=O)O[C@H]([C@H](OC(=O)CCCCCCCCCCCCCC)[C@@H](OC(=O)CCCCCCCCCCCCCC)C(=O)O)[C@H](OC(=O)CCCCCCCCCCCCCC)C(=O)O. The fraction of sp³-hybridized carbons (Fsp3) is 0.909. The molecule has 2 N–H and O–H groups in total. The van der Waals surface area contributed by atoms with Gasteiger partial charge in [-0.25, -0.2) is 9.59 Å². The van der Waals surface area contributed by atoms with Gasteiger partial charge < -0.3 is 29.2 Å². The number of rotatable bonds is 61. The summed E-state index contributed by atoms with van der Waals surface area (Å²) in [5.74, 6) is -6.87. The first-order chi connectivity index (χ1) is 38.0. The maximum absolute atomic E-state index is 13.7. The molecule has 0 aliphatic rings. The highest BCUT2D eigenvalue weighted by atomic mass is 16.6. The zero-order chi connectivity index (χ0) is 57.4. The monoisotopic (exact) mass is 1110 g/mol. The lowest BCUT2D eigenvalue weighted by molar-refractivity contribution is -0.209. The van der Waals surface area contributed by atoms with Crippen LogP contribution in [0.1, 0.15) is 362 Å². The van der Waals surface area contributed by atoms with Crippen molar-refractivity contribution in [2.75, 3.05) is 0 Å². The Morgan fingerprint density at radius 2 is 0.372 bits per heavy atom. The summed E-state index contributed by atoms with van der Waals surface area (Å²) >= 11 is 0. The Labute approximate surface area is 477 Å². The molecule has 0 rings (SSSR count). The van der Waals surface area contributed by atoms with E-state index < -0.39 is 60.2 Å². The highest BCUT2D eigenvalue weighted by Crippen LogP contribution is 2.25. The van der Waals surface area contributed by atoms with E-state index in [0.717, 1.165) is 103 Å². The summed E-state index contributed by atoms with van der Waals surface area (Å²) in [5.41, 5.74) is 0. The predicted molar refractivity (Wildman–Crippen MR) is 318 cm³/mol. The first-order valence-corrected chi connectivity index (χ1v) is 33.3. The lowest BCUT2D eigenvalue weighted by Crippen LogP contribution is -2.56. The van der Waals surface area contributed by atoms with Crippen molar-refractivity contribution >= 4 is 35.8 Å². The number of esters is 4. The van der Waals surface area contributed by atoms with E-state index >= 15 is 0 Å². The second kappa shape index (κ2) is 57.1. The van der Waals surface area contributed by atoms with Crippen LogP contribution in [0, 0.1) is 0 Å². The molecule has 12 heteroatoms. The van der Waals surface area contributed by atoms with Crippen LogP contribution in [-0.2, 0) is 47.7 Å². The fourth-order valence-electron chi connectivity index (χ4n) is 10.4. The number of carboxylic acid groups (broad SMARTS) is 2. The fourth-order valence-corrected chi connectivity index (χ4v) is 10.4. The topological polar surface area (TPSA) is 180 Å². The van der Waals surface area contributed by atoms with Gasteiger partial charge in [0, 0.05) is 25.7 Å². The average Bonchev–Trinajstić information content (AvgIpc) is 3.44. The van der Waals surface area contributed by atoms with Crippen molar-refractivity contribution < 1.29 is 57.9 Å². The average molecular weight is 1110 g/mol. The number of carbonyl (C=O) groups is 6. The second-order valence-corrected chi connectivity index (χ2v) is 23.0. The molecule has 0 aliphatic heterocycles. The summed E-state index contributed by atoms with van der Waals surface area (Å²) in [4.78, 5) is 80.7. The zero-order valence-electron chi connectivity index (χ0n) is 51.1. The lowest BCUT2D eigenvalue weighted by Gasteiger charge is -2.33. The molecule has 0 spiro atoms. The molecule has 4 atom stereocenters. The summed E-state index contributed by atoms with van der Waals surface area (Å²) in [6.45, 7) is 8.87. The molecule has 12 nitrogen and oxygen atoms in total. The summed E-state index contributed by atoms with van der Waals surface area (Å²) in [6, 6.07) is 0. The molecular weight excluding hydrogens is 985 g/mol. The third kappa shape index (κ3) is 47.6. The molecule has 0 heterocycles. The van der Waals surface area contributed by atoms with Crippen LogP contribution >= 0.6 is 0 Å². The van der Waals surface area contributed by atoms with Gasteiger partial charge in [0.2, 0.25) is 12.2 Å². The molecule has 0 saturated carbocycles. The molecule has 0 saturated heterocycles. The number of ether oxygens (including phenoxy) is 4. The Morgan fingerprint density at radius 3 is 0.526 bits per heavy atom. The first kappa shape index (κ1) is 74.8. The third-order valence-corrected chi connectivity index (χ3v) is 15.4. The third-order valence-electron chi connectivity index (χ3n) is 15.4. The van der Waals surface area contributed by atoms with E-state index in [1.165, 1.54) is 180 Å². The van der Waals surface area contributed by atoms with Gasteiger partial charge in [0.25, 0.3) is 0 Å². The van der Waals surface area contributed by atoms with Crippen molar-refractivity contribution in [2.45, 2.75) is 386 Å². The van der Waals surface area contributed by atoms with Gasteiger partial charge in [0.1, 0.15) is 0 Å². The molecule has 458 valence electrons. The van der Waals surface area contributed by atoms with Gasteiger partial charge in [-0.05, 0) is 25.7 Å². The zero-order valence-corrected chi connectivity index (χ0v) is 51.1. The Balaban J connectivity index is 6.14. The normalized spacial score (nSPS) is 12.9. The number of carboxylic acids is 2. The molecule has 0 unspecified atom stereocenters. The van der Waals surface area contributed by atoms with E-state index in [0.29, 0.717) is 25.7 Å². The highest BCUT2D eigenvalue weighted by molar-refractivity contribution is 5.82. The van der Waals surface area contributed by atoms with Crippen LogP contribution in [0.15, 0.2) is 0 Å². The quantitative estimate of drug-likeness (QED) is 0.0335. The van der Waals surface area contributed by atoms with E-state index in [2.05, 4.69) is 27.7 Å². The van der Waals surface area contributed by atoms with E-state index in [9.17, 15) is 39.0 Å². The molecule has 0 aromatic carbocycles. The first-order valence-electron chi connectivity index (χ1n) is 33.3. The minimum absolute atomic E-state index is 0.111. The molecule has 0 aromatic rings. The molecule has 0 bridgehead atoms. The van der Waals surface area contributed by atoms with Crippen LogP contribution in [0.3, 0.4) is 0 Å². The molecule has 0 aliphatic carbocycles. The summed E-state index contributed by atoms with van der Waals surface area (Å²) in [5, 5.41) is 21.4. The predicted octanol–water partition coefficient (Wildman–Crippen LogP) is 19.2. The van der Waals surface area contributed by atoms with Gasteiger partial charge in [-0.2, -0.15) is 0 Å². The Morgan fingerprint density at radius 1 is 0.231 bits per heavy atom. The largest absolute Gasteiger partial charge is 0.478 e. The van der Waals surface area contributed by atoms with E-state index in [-0.39, 0.29) is 25.7 Å². The second-order valence-electron chi connectivity index (χ2n) is 23.0. The molecular formula is C66H122O12. The van der Waals surface area contributed by atoms with Crippen LogP contribution in [0.5, 0.6) is 0 Å². The van der Waals surface area contributed by atoms with Gasteiger partial charge in [0.15, 0.2) is 12.2 Å². The van der Waals surface area contributed by atoms with Crippen molar-refractivity contribution in [1.29, 1.82) is 0 Å². The number of hydrogen-bond donors (Lipinski definition) is 2. The van der Waals surface area contributed by atoms with Gasteiger partial charge in [-0.1, -0.05) is 310 Å². The van der Waals surface area contributed by atoms with Crippen LogP contribution in [-0.4, -0.2) is 70.4 Å². The Kier molecular flexibility index (Phi) is 54.7. The minimum atomic E-state index is -2.25. The number of aliphatic carboxylic acids is 2. The van der Waals surface area contributed by atoms with Gasteiger partial charge in [0.05, 0.1) is 0 Å². The standard InChI is InChI=1S/C66H122O12/c1-5-9-13-17-21-25-29-33-37-41-45-49-53-57(67)75-61(63(65(71)72)77-59(69)55-51-47-43-39-35-31-27-23-19-15-11-7-3)62(76-58(68)54-50-46-42-38-34-30-26-22-18-14-10-6-2)64(66(73)74)78-60(70)56-52-48-44-40-36-32-28-24-20-16-12-8-4/h61-64H,5-56H2,1-4H3,(H,71,72)(H,73,74)/t61-,62+,63+,64-. The maximum Gasteiger partial charge on any atom is 0.349 e. The van der Waals surface area contributed by atoms with Crippen LogP contribution < -0.4 is 0 Å². The molecule has 0 aromatic heterocycles. The van der Waals surface area contributed by atoms with E-state index in [4.69, 9.17) is 18.9 Å². The lowest BCUT2D eigenvalue weighted by atomic mass is 10.0. The Bertz CT molecular complexity index is 1310. The molecule has 0 amide bonds. The summed E-state index contributed by atoms with van der Waals surface area (Å²) in [7, 11) is 0. The maximum atomic E-state index is 13.7. The van der Waals surface area contributed by atoms with Crippen LogP contribution in [0.2, 0.25) is 0 Å². The van der Waals surface area contributed by atoms with Crippen LogP contribution in [0.4, 0.5) is 0 Å². The summed E-state index contributed by atoms with van der Waals surface area (Å²) < 4.78 is 22.8. The number of unbranched alkanes of at least 4 members (excludes halogenated alkanes) is 44. The van der Waals surface area contributed by atoms with Crippen molar-refractivity contribution in [3.05, 3.63) is 0 Å². The summed E-state index contributed by atoms with van der Waals surface area (Å²) in [6.07, 6.45) is 42.4. The number of hydrogen-bond acceptors (Lipinski definition) is 10. The Hall–Kier alpha value is -3.18. The van der Waals surface area contributed by atoms with Crippen molar-refractivity contribution in [1.82, 2.24) is 0 Å². The molecule has 78 heavy (non-hydrogen) atoms. The van der Waals surface area contributed by atoms with Crippen molar-refractivity contribution in [3.63, 3.8) is 0 Å². The van der Waals surface area contributed by atoms with E-state index in [1.54, 1.807) is 0 Å². The number of carbonyl (C=O) groups excluding carboxylic acids is 4. The van der Waals surface area contributed by atoms with Gasteiger partial charge >= 0.3 is 35.8 Å². The molecule has 0 radical (unpaired) electrons. The van der Waals surface area contributed by atoms with E-state index in [1.807, 2.05) is 0 Å². The van der Waals surface area contributed by atoms with Crippen molar-refractivity contribution in [2.24, 2.45) is 0 Å². The molecule has 0 fully saturated rings. The van der Waals surface area contributed by atoms with Gasteiger partial charge in [-0.3, -0.25) is 19.2 Å². The van der Waals surface area contributed by atoms with Crippen LogP contribution in [0.25, 0.3) is 0 Å². The smallest absolute Gasteiger partial charge is 0.349 e. The van der Waals surface area contributed by atoms with Gasteiger partial charge in [-0.15, -0.1) is 0 Å².